The standard InChI is InChI=1S/C21H23F3N4O3/c1-11-6-7-14(25-15(11)10-29)16(20(3,4)19(30)31-5)13-8-9-28-17(12(13)2)26-27-18(28)21(22,23)24/h6-9,16,29H,10H2,1-5H3. The molecule has 10 heteroatoms. The highest BCUT2D eigenvalue weighted by Gasteiger charge is 2.43. The monoisotopic (exact) mass is 436 g/mol. The lowest BCUT2D eigenvalue weighted by atomic mass is 9.72. The summed E-state index contributed by atoms with van der Waals surface area (Å²) in [5, 5.41) is 16.7. The van der Waals surface area contributed by atoms with Gasteiger partial charge in [-0.25, -0.2) is 0 Å². The molecule has 0 saturated heterocycles. The van der Waals surface area contributed by atoms with Crippen LogP contribution in [0.4, 0.5) is 13.2 Å². The quantitative estimate of drug-likeness (QED) is 0.615. The highest BCUT2D eigenvalue weighted by atomic mass is 19.4. The van der Waals surface area contributed by atoms with E-state index in [0.717, 1.165) is 9.96 Å². The molecule has 0 aliphatic rings. The lowest BCUT2D eigenvalue weighted by Crippen LogP contribution is -2.34. The van der Waals surface area contributed by atoms with E-state index in [2.05, 4.69) is 15.2 Å². The Morgan fingerprint density at radius 1 is 1.19 bits per heavy atom. The first kappa shape index (κ1) is 22.7. The van der Waals surface area contributed by atoms with Crippen molar-refractivity contribution < 1.29 is 27.8 Å². The summed E-state index contributed by atoms with van der Waals surface area (Å²) in [6, 6.07) is 5.02. The van der Waals surface area contributed by atoms with E-state index in [0.29, 0.717) is 22.5 Å². The zero-order valence-electron chi connectivity index (χ0n) is 17.8. The summed E-state index contributed by atoms with van der Waals surface area (Å²) in [5.41, 5.74) is 1.60. The number of esters is 1. The lowest BCUT2D eigenvalue weighted by Gasteiger charge is -2.33. The van der Waals surface area contributed by atoms with Crippen molar-refractivity contribution in [2.24, 2.45) is 5.41 Å². The molecule has 0 radical (unpaired) electrons. The van der Waals surface area contributed by atoms with Crippen molar-refractivity contribution in [2.75, 3.05) is 7.11 Å². The Balaban J connectivity index is 2.29. The zero-order chi connectivity index (χ0) is 23.1. The second-order valence-electron chi connectivity index (χ2n) is 7.92. The normalized spacial score (nSPS) is 13.5. The molecule has 0 aliphatic carbocycles. The number of halogens is 3. The molecule has 7 nitrogen and oxygen atoms in total. The number of aliphatic hydroxyl groups excluding tert-OH is 1. The molecular formula is C21H23F3N4O3. The van der Waals surface area contributed by atoms with E-state index >= 15 is 0 Å². The number of methoxy groups -OCH3 is 1. The van der Waals surface area contributed by atoms with Gasteiger partial charge in [0.2, 0.25) is 5.82 Å². The molecule has 3 aromatic heterocycles. The van der Waals surface area contributed by atoms with Crippen molar-refractivity contribution in [2.45, 2.75) is 46.4 Å². The van der Waals surface area contributed by atoms with E-state index in [1.165, 1.54) is 19.4 Å². The Bertz CT molecular complexity index is 1140. The molecule has 166 valence electrons. The van der Waals surface area contributed by atoms with Gasteiger partial charge < -0.3 is 9.84 Å². The van der Waals surface area contributed by atoms with Gasteiger partial charge in [0.1, 0.15) is 0 Å². The van der Waals surface area contributed by atoms with Gasteiger partial charge in [-0.3, -0.25) is 14.2 Å². The van der Waals surface area contributed by atoms with Crippen molar-refractivity contribution >= 4 is 11.6 Å². The molecule has 3 rings (SSSR count). The van der Waals surface area contributed by atoms with Crippen molar-refractivity contribution in [3.8, 4) is 0 Å². The van der Waals surface area contributed by atoms with Gasteiger partial charge in [-0.1, -0.05) is 6.07 Å². The molecule has 3 heterocycles. The van der Waals surface area contributed by atoms with Gasteiger partial charge in [0, 0.05) is 17.8 Å². The number of alkyl halides is 3. The zero-order valence-corrected chi connectivity index (χ0v) is 17.8. The van der Waals surface area contributed by atoms with Crippen LogP contribution < -0.4 is 0 Å². The second-order valence-corrected chi connectivity index (χ2v) is 7.92. The summed E-state index contributed by atoms with van der Waals surface area (Å²) in [6.45, 7) is 6.49. The largest absolute Gasteiger partial charge is 0.469 e. The SMILES string of the molecule is COC(=O)C(C)(C)C(c1ccc(C)c(CO)n1)c1ccn2c(C(F)(F)F)nnc2c1C. The number of fused-ring (bicyclic) bond motifs is 1. The van der Waals surface area contributed by atoms with Gasteiger partial charge in [0.05, 0.1) is 24.8 Å². The second kappa shape index (κ2) is 7.92. The van der Waals surface area contributed by atoms with E-state index in [1.54, 1.807) is 39.8 Å². The minimum Gasteiger partial charge on any atom is -0.469 e. The number of nitrogens with zero attached hydrogens (tertiary/aromatic N) is 4. The fraction of sp³-hybridized carbons (Fsp3) is 0.429. The number of hydrogen-bond donors (Lipinski definition) is 1. The maximum atomic E-state index is 13.3. The highest BCUT2D eigenvalue weighted by Crippen LogP contribution is 2.43. The van der Waals surface area contributed by atoms with Crippen molar-refractivity contribution in [3.63, 3.8) is 0 Å². The van der Waals surface area contributed by atoms with Gasteiger partial charge in [-0.15, -0.1) is 10.2 Å². The van der Waals surface area contributed by atoms with Crippen LogP contribution in [0, 0.1) is 19.3 Å². The maximum Gasteiger partial charge on any atom is 0.452 e. The lowest BCUT2D eigenvalue weighted by molar-refractivity contribution is -0.151. The van der Waals surface area contributed by atoms with E-state index < -0.39 is 29.3 Å². The van der Waals surface area contributed by atoms with E-state index in [4.69, 9.17) is 4.74 Å². The molecule has 1 unspecified atom stereocenters. The number of carbonyl (C=O) groups is 1. The third-order valence-electron chi connectivity index (χ3n) is 5.53. The highest BCUT2D eigenvalue weighted by molar-refractivity contribution is 5.78. The van der Waals surface area contributed by atoms with Crippen LogP contribution in [0.15, 0.2) is 24.4 Å². The summed E-state index contributed by atoms with van der Waals surface area (Å²) in [5.74, 6) is -2.32. The third kappa shape index (κ3) is 3.87. The number of hydrogen-bond acceptors (Lipinski definition) is 6. The van der Waals surface area contributed by atoms with Gasteiger partial charge >= 0.3 is 12.1 Å². The number of aromatic nitrogens is 4. The van der Waals surface area contributed by atoms with Gasteiger partial charge in [0.15, 0.2) is 5.65 Å². The minimum atomic E-state index is -4.66. The molecule has 0 fully saturated rings. The molecule has 0 bridgehead atoms. The minimum absolute atomic E-state index is 0.0324. The predicted octanol–water partition coefficient (Wildman–Crippen LogP) is 3.58. The first-order valence-electron chi connectivity index (χ1n) is 9.50. The van der Waals surface area contributed by atoms with Crippen LogP contribution in [0.1, 0.15) is 53.7 Å². The topological polar surface area (TPSA) is 89.6 Å². The molecule has 1 atom stereocenters. The number of rotatable bonds is 5. The Morgan fingerprint density at radius 3 is 2.45 bits per heavy atom. The molecule has 0 spiro atoms. The smallest absolute Gasteiger partial charge is 0.452 e. The van der Waals surface area contributed by atoms with Crippen molar-refractivity contribution in [1.29, 1.82) is 0 Å². The van der Waals surface area contributed by atoms with Crippen LogP contribution in [-0.2, 0) is 22.3 Å². The summed E-state index contributed by atoms with van der Waals surface area (Å²) >= 11 is 0. The van der Waals surface area contributed by atoms with Crippen LogP contribution in [0.2, 0.25) is 0 Å². The van der Waals surface area contributed by atoms with Gasteiger partial charge in [-0.2, -0.15) is 13.2 Å². The molecule has 0 saturated carbocycles. The first-order valence-corrected chi connectivity index (χ1v) is 9.50. The number of carbonyl (C=O) groups excluding carboxylic acids is 1. The fourth-order valence-corrected chi connectivity index (χ4v) is 3.81. The van der Waals surface area contributed by atoms with Crippen LogP contribution in [0.5, 0.6) is 0 Å². The first-order chi connectivity index (χ1) is 14.4. The van der Waals surface area contributed by atoms with Crippen LogP contribution in [0.25, 0.3) is 5.65 Å². The summed E-state index contributed by atoms with van der Waals surface area (Å²) in [6.07, 6.45) is -3.42. The summed E-state index contributed by atoms with van der Waals surface area (Å²) in [4.78, 5) is 17.2. The number of aliphatic hydroxyl groups is 1. The number of ether oxygens (including phenoxy) is 1. The van der Waals surface area contributed by atoms with E-state index in [9.17, 15) is 23.1 Å². The third-order valence-corrected chi connectivity index (χ3v) is 5.53. The van der Waals surface area contributed by atoms with Crippen LogP contribution in [-0.4, -0.2) is 37.8 Å². The van der Waals surface area contributed by atoms with Gasteiger partial charge in [-0.05, 0) is 56.5 Å². The fourth-order valence-electron chi connectivity index (χ4n) is 3.81. The Hall–Kier alpha value is -3.01. The molecule has 0 amide bonds. The van der Waals surface area contributed by atoms with Gasteiger partial charge in [0.25, 0.3) is 0 Å². The molecule has 3 aromatic rings. The average Bonchev–Trinajstić information content (AvgIpc) is 3.15. The van der Waals surface area contributed by atoms with Crippen molar-refractivity contribution in [3.05, 3.63) is 58.3 Å². The number of aryl methyl sites for hydroxylation is 2. The molecule has 0 aromatic carbocycles. The Labute approximate surface area is 176 Å². The average molecular weight is 436 g/mol. The molecular weight excluding hydrogens is 413 g/mol. The van der Waals surface area contributed by atoms with E-state index in [1.807, 2.05) is 0 Å². The molecule has 1 N–H and O–H groups in total. The summed E-state index contributed by atoms with van der Waals surface area (Å²) < 4.78 is 45.6. The van der Waals surface area contributed by atoms with E-state index in [-0.39, 0.29) is 12.3 Å². The van der Waals surface area contributed by atoms with Crippen LogP contribution in [0.3, 0.4) is 0 Å². The van der Waals surface area contributed by atoms with Crippen LogP contribution >= 0.6 is 0 Å². The number of pyridine rings is 2. The Morgan fingerprint density at radius 2 is 1.87 bits per heavy atom. The molecule has 0 aliphatic heterocycles. The molecule has 31 heavy (non-hydrogen) atoms. The maximum absolute atomic E-state index is 13.3. The summed E-state index contributed by atoms with van der Waals surface area (Å²) in [7, 11) is 1.27. The Kier molecular flexibility index (Phi) is 5.79. The predicted molar refractivity (Wildman–Crippen MR) is 105 cm³/mol. The van der Waals surface area contributed by atoms with Crippen molar-refractivity contribution in [1.82, 2.24) is 19.6 Å².